The first-order chi connectivity index (χ1) is 11.1. The standard InChI is InChI=1S/C18H17ClN2O2/c1-21-15(10-13-9-14(19)7-8-17(13)21)11-20-18(22)12-23-16-5-3-2-4-6-16/h2-10H,11-12H2,1H3,(H,20,22). The molecule has 0 saturated heterocycles. The Kier molecular flexibility index (Phi) is 4.53. The Balaban J connectivity index is 1.59. The summed E-state index contributed by atoms with van der Waals surface area (Å²) in [5, 5.41) is 4.63. The quantitative estimate of drug-likeness (QED) is 0.778. The summed E-state index contributed by atoms with van der Waals surface area (Å²) in [6.07, 6.45) is 0. The predicted octanol–water partition coefficient (Wildman–Crippen LogP) is 3.53. The van der Waals surface area contributed by atoms with Crippen LogP contribution in [0.5, 0.6) is 5.75 Å². The van der Waals surface area contributed by atoms with Crippen LogP contribution in [-0.2, 0) is 18.4 Å². The molecular weight excluding hydrogens is 312 g/mol. The van der Waals surface area contributed by atoms with Crippen LogP contribution in [0.2, 0.25) is 5.02 Å². The van der Waals surface area contributed by atoms with Crippen LogP contribution in [0.4, 0.5) is 0 Å². The Morgan fingerprint density at radius 1 is 1.17 bits per heavy atom. The van der Waals surface area contributed by atoms with Gasteiger partial charge in [-0.15, -0.1) is 0 Å². The van der Waals surface area contributed by atoms with Crippen molar-refractivity contribution in [2.75, 3.05) is 6.61 Å². The van der Waals surface area contributed by atoms with Gasteiger partial charge in [-0.3, -0.25) is 4.79 Å². The molecular formula is C18H17ClN2O2. The third-order valence-electron chi connectivity index (χ3n) is 3.68. The Bertz CT molecular complexity index is 828. The minimum Gasteiger partial charge on any atom is -0.484 e. The zero-order valence-corrected chi connectivity index (χ0v) is 13.5. The zero-order valence-electron chi connectivity index (χ0n) is 12.8. The number of benzene rings is 2. The number of nitrogens with zero attached hydrogens (tertiary/aromatic N) is 1. The van der Waals surface area contributed by atoms with Gasteiger partial charge in [0, 0.05) is 28.7 Å². The van der Waals surface area contributed by atoms with E-state index in [2.05, 4.69) is 5.32 Å². The molecule has 3 aromatic rings. The van der Waals surface area contributed by atoms with E-state index in [-0.39, 0.29) is 12.5 Å². The molecule has 1 aromatic heterocycles. The topological polar surface area (TPSA) is 43.3 Å². The molecule has 0 saturated carbocycles. The summed E-state index contributed by atoms with van der Waals surface area (Å²) in [4.78, 5) is 11.9. The van der Waals surface area contributed by atoms with Crippen molar-refractivity contribution in [1.82, 2.24) is 9.88 Å². The van der Waals surface area contributed by atoms with E-state index in [1.165, 1.54) is 0 Å². The van der Waals surface area contributed by atoms with Crippen LogP contribution >= 0.6 is 11.6 Å². The van der Waals surface area contributed by atoms with E-state index in [1.807, 2.05) is 66.2 Å². The van der Waals surface area contributed by atoms with Crippen molar-refractivity contribution in [3.8, 4) is 5.75 Å². The fraction of sp³-hybridized carbons (Fsp3) is 0.167. The number of amides is 1. The number of aromatic nitrogens is 1. The lowest BCUT2D eigenvalue weighted by atomic mass is 10.2. The molecule has 0 bridgehead atoms. The molecule has 0 aliphatic rings. The highest BCUT2D eigenvalue weighted by atomic mass is 35.5. The van der Waals surface area contributed by atoms with Gasteiger partial charge >= 0.3 is 0 Å². The first-order valence-electron chi connectivity index (χ1n) is 7.32. The fourth-order valence-corrected chi connectivity index (χ4v) is 2.63. The first kappa shape index (κ1) is 15.4. The number of hydrogen-bond donors (Lipinski definition) is 1. The van der Waals surface area contributed by atoms with Crippen LogP contribution < -0.4 is 10.1 Å². The number of aryl methyl sites for hydroxylation is 1. The summed E-state index contributed by atoms with van der Waals surface area (Å²) in [5.41, 5.74) is 2.09. The van der Waals surface area contributed by atoms with E-state index < -0.39 is 0 Å². The molecule has 0 aliphatic heterocycles. The van der Waals surface area contributed by atoms with Crippen LogP contribution in [0.25, 0.3) is 10.9 Å². The molecule has 1 heterocycles. The summed E-state index contributed by atoms with van der Waals surface area (Å²) in [7, 11) is 1.97. The number of hydrogen-bond acceptors (Lipinski definition) is 2. The maximum absolute atomic E-state index is 11.9. The van der Waals surface area contributed by atoms with E-state index in [1.54, 1.807) is 0 Å². The number of fused-ring (bicyclic) bond motifs is 1. The second kappa shape index (κ2) is 6.75. The highest BCUT2D eigenvalue weighted by Crippen LogP contribution is 2.22. The molecule has 0 spiro atoms. The third-order valence-corrected chi connectivity index (χ3v) is 3.92. The third kappa shape index (κ3) is 3.66. The molecule has 0 fully saturated rings. The molecule has 2 aromatic carbocycles. The molecule has 118 valence electrons. The monoisotopic (exact) mass is 328 g/mol. The van der Waals surface area contributed by atoms with Crippen molar-refractivity contribution < 1.29 is 9.53 Å². The second-order valence-electron chi connectivity index (χ2n) is 5.28. The Morgan fingerprint density at radius 2 is 1.96 bits per heavy atom. The molecule has 1 N–H and O–H groups in total. The van der Waals surface area contributed by atoms with Gasteiger partial charge in [0.2, 0.25) is 0 Å². The van der Waals surface area contributed by atoms with E-state index >= 15 is 0 Å². The summed E-state index contributed by atoms with van der Waals surface area (Å²) >= 11 is 6.01. The number of rotatable bonds is 5. The van der Waals surface area contributed by atoms with Crippen molar-refractivity contribution >= 4 is 28.4 Å². The van der Waals surface area contributed by atoms with Crippen molar-refractivity contribution in [1.29, 1.82) is 0 Å². The average Bonchev–Trinajstić information content (AvgIpc) is 2.87. The normalized spacial score (nSPS) is 10.7. The minimum atomic E-state index is -0.155. The average molecular weight is 329 g/mol. The Labute approximate surface area is 139 Å². The van der Waals surface area contributed by atoms with Crippen LogP contribution in [0.15, 0.2) is 54.6 Å². The van der Waals surface area contributed by atoms with Crippen molar-refractivity contribution in [2.45, 2.75) is 6.54 Å². The lowest BCUT2D eigenvalue weighted by Crippen LogP contribution is -2.29. The molecule has 1 amide bonds. The molecule has 0 aliphatic carbocycles. The predicted molar refractivity (Wildman–Crippen MR) is 91.7 cm³/mol. The van der Waals surface area contributed by atoms with E-state index in [0.29, 0.717) is 17.3 Å². The van der Waals surface area contributed by atoms with Gasteiger partial charge in [-0.2, -0.15) is 0 Å². The second-order valence-corrected chi connectivity index (χ2v) is 5.71. The lowest BCUT2D eigenvalue weighted by Gasteiger charge is -2.08. The first-order valence-corrected chi connectivity index (χ1v) is 7.70. The van der Waals surface area contributed by atoms with Gasteiger partial charge in [0.25, 0.3) is 5.91 Å². The number of nitrogens with one attached hydrogen (secondary N) is 1. The fourth-order valence-electron chi connectivity index (χ4n) is 2.45. The minimum absolute atomic E-state index is 0.000214. The Morgan fingerprint density at radius 3 is 2.74 bits per heavy atom. The Hall–Kier alpha value is -2.46. The molecule has 0 radical (unpaired) electrons. The number of para-hydroxylation sites is 1. The van der Waals surface area contributed by atoms with Gasteiger partial charge in [0.1, 0.15) is 5.75 Å². The van der Waals surface area contributed by atoms with E-state index in [4.69, 9.17) is 16.3 Å². The lowest BCUT2D eigenvalue weighted by molar-refractivity contribution is -0.123. The summed E-state index contributed by atoms with van der Waals surface area (Å²) in [5.74, 6) is 0.527. The van der Waals surface area contributed by atoms with Crippen molar-refractivity contribution in [3.05, 3.63) is 65.3 Å². The maximum atomic E-state index is 11.9. The summed E-state index contributed by atoms with van der Waals surface area (Å²) in [6.45, 7) is 0.444. The summed E-state index contributed by atoms with van der Waals surface area (Å²) in [6, 6.07) is 17.1. The maximum Gasteiger partial charge on any atom is 0.258 e. The van der Waals surface area contributed by atoms with E-state index in [0.717, 1.165) is 16.6 Å². The largest absolute Gasteiger partial charge is 0.484 e. The molecule has 5 heteroatoms. The smallest absolute Gasteiger partial charge is 0.258 e. The van der Waals surface area contributed by atoms with Gasteiger partial charge in [0.15, 0.2) is 6.61 Å². The van der Waals surface area contributed by atoms with Gasteiger partial charge in [-0.05, 0) is 36.4 Å². The molecule has 3 rings (SSSR count). The molecule has 4 nitrogen and oxygen atoms in total. The molecule has 23 heavy (non-hydrogen) atoms. The molecule has 0 unspecified atom stereocenters. The van der Waals surface area contributed by atoms with Crippen molar-refractivity contribution in [3.63, 3.8) is 0 Å². The highest BCUT2D eigenvalue weighted by molar-refractivity contribution is 6.31. The van der Waals surface area contributed by atoms with Crippen LogP contribution in [-0.4, -0.2) is 17.1 Å². The van der Waals surface area contributed by atoms with Gasteiger partial charge in [-0.25, -0.2) is 0 Å². The van der Waals surface area contributed by atoms with Gasteiger partial charge < -0.3 is 14.6 Å². The SMILES string of the molecule is Cn1c(CNC(=O)COc2ccccc2)cc2cc(Cl)ccc21. The summed E-state index contributed by atoms with van der Waals surface area (Å²) < 4.78 is 7.47. The van der Waals surface area contributed by atoms with Gasteiger partial charge in [0.05, 0.1) is 6.54 Å². The van der Waals surface area contributed by atoms with Crippen molar-refractivity contribution in [2.24, 2.45) is 7.05 Å². The van der Waals surface area contributed by atoms with Crippen LogP contribution in [0.1, 0.15) is 5.69 Å². The zero-order chi connectivity index (χ0) is 16.2. The van der Waals surface area contributed by atoms with E-state index in [9.17, 15) is 4.79 Å². The van der Waals surface area contributed by atoms with Crippen LogP contribution in [0, 0.1) is 0 Å². The number of carbonyl (C=O) groups is 1. The van der Waals surface area contributed by atoms with Crippen LogP contribution in [0.3, 0.4) is 0 Å². The number of ether oxygens (including phenoxy) is 1. The molecule has 0 atom stereocenters. The highest BCUT2D eigenvalue weighted by Gasteiger charge is 2.08. The number of halogens is 1. The number of carbonyl (C=O) groups excluding carboxylic acids is 1. The van der Waals surface area contributed by atoms with Gasteiger partial charge in [-0.1, -0.05) is 29.8 Å².